The van der Waals surface area contributed by atoms with E-state index < -0.39 is 0 Å². The lowest BCUT2D eigenvalue weighted by Gasteiger charge is -2.13. The second-order valence-corrected chi connectivity index (χ2v) is 5.29. The molecule has 2 N–H and O–H groups in total. The van der Waals surface area contributed by atoms with E-state index in [0.717, 1.165) is 23.5 Å². The van der Waals surface area contributed by atoms with Gasteiger partial charge in [0.25, 0.3) is 0 Å². The number of anilines is 1. The first-order valence-electron chi connectivity index (χ1n) is 7.14. The maximum atomic E-state index is 11.3. The number of aromatic nitrogens is 2. The van der Waals surface area contributed by atoms with Crippen LogP contribution in [0.15, 0.2) is 36.8 Å². The molecule has 2 aromatic rings. The third-order valence-corrected chi connectivity index (χ3v) is 3.37. The highest BCUT2D eigenvalue weighted by molar-refractivity contribution is 5.78. The van der Waals surface area contributed by atoms with Gasteiger partial charge in [-0.15, -0.1) is 0 Å². The Morgan fingerprint density at radius 1 is 1.29 bits per heavy atom. The molecule has 0 radical (unpaired) electrons. The summed E-state index contributed by atoms with van der Waals surface area (Å²) in [6.07, 6.45) is 4.15. The summed E-state index contributed by atoms with van der Waals surface area (Å²) in [6.45, 7) is 5.00. The normalized spacial score (nSPS) is 10.7. The van der Waals surface area contributed by atoms with Crippen LogP contribution in [-0.2, 0) is 17.8 Å². The van der Waals surface area contributed by atoms with Gasteiger partial charge in [-0.1, -0.05) is 12.1 Å². The fourth-order valence-corrected chi connectivity index (χ4v) is 2.14. The molecular formula is C16H22N4O. The average Bonchev–Trinajstić information content (AvgIpc) is 2.95. The van der Waals surface area contributed by atoms with Crippen molar-refractivity contribution in [2.45, 2.75) is 32.9 Å². The van der Waals surface area contributed by atoms with Gasteiger partial charge in [-0.05, 0) is 31.5 Å². The van der Waals surface area contributed by atoms with Crippen molar-refractivity contribution in [3.63, 3.8) is 0 Å². The summed E-state index contributed by atoms with van der Waals surface area (Å²) in [5.74, 6) is 0.0246. The maximum absolute atomic E-state index is 11.3. The molecule has 5 heteroatoms. The minimum atomic E-state index is 0.0246. The van der Waals surface area contributed by atoms with E-state index >= 15 is 0 Å². The lowest BCUT2D eigenvalue weighted by atomic mass is 10.1. The maximum Gasteiger partial charge on any atom is 0.224 e. The van der Waals surface area contributed by atoms with Gasteiger partial charge in [0.1, 0.15) is 0 Å². The molecule has 1 amide bonds. The number of likely N-dealkylation sites (N-methyl/N-ethyl adjacent to an activating group) is 1. The Labute approximate surface area is 125 Å². The van der Waals surface area contributed by atoms with Gasteiger partial charge >= 0.3 is 0 Å². The van der Waals surface area contributed by atoms with Gasteiger partial charge in [0.2, 0.25) is 5.91 Å². The van der Waals surface area contributed by atoms with Crippen LogP contribution in [0.3, 0.4) is 0 Å². The van der Waals surface area contributed by atoms with Gasteiger partial charge in [-0.25, -0.2) is 4.98 Å². The molecule has 1 heterocycles. The van der Waals surface area contributed by atoms with Crippen molar-refractivity contribution in [1.82, 2.24) is 14.9 Å². The molecule has 5 nitrogen and oxygen atoms in total. The largest absolute Gasteiger partial charge is 0.379 e. The van der Waals surface area contributed by atoms with Crippen LogP contribution in [0, 0.1) is 0 Å². The van der Waals surface area contributed by atoms with E-state index in [1.54, 1.807) is 7.05 Å². The standard InChI is InChI=1S/C16H22N4O/c1-12(2)20-11-18-9-15(20)10-19-14-6-4-13(5-7-14)8-16(21)17-3/h4-7,9,11-12,19H,8,10H2,1-3H3,(H,17,21). The number of nitrogens with zero attached hydrogens (tertiary/aromatic N) is 2. The molecule has 0 saturated heterocycles. The molecular weight excluding hydrogens is 264 g/mol. The van der Waals surface area contributed by atoms with Crippen molar-refractivity contribution >= 4 is 11.6 Å². The highest BCUT2D eigenvalue weighted by atomic mass is 16.1. The van der Waals surface area contributed by atoms with Gasteiger partial charge in [0.15, 0.2) is 0 Å². The first kappa shape index (κ1) is 15.1. The molecule has 0 aliphatic carbocycles. The number of imidazole rings is 1. The third-order valence-electron chi connectivity index (χ3n) is 3.37. The summed E-state index contributed by atoms with van der Waals surface area (Å²) in [5.41, 5.74) is 3.19. The molecule has 0 bridgehead atoms. The van der Waals surface area contributed by atoms with Gasteiger partial charge in [-0.2, -0.15) is 0 Å². The van der Waals surface area contributed by atoms with Crippen molar-refractivity contribution in [3.05, 3.63) is 48.0 Å². The second-order valence-electron chi connectivity index (χ2n) is 5.29. The van der Waals surface area contributed by atoms with Crippen molar-refractivity contribution in [2.75, 3.05) is 12.4 Å². The van der Waals surface area contributed by atoms with E-state index in [1.165, 1.54) is 0 Å². The summed E-state index contributed by atoms with van der Waals surface area (Å²) in [6, 6.07) is 8.33. The van der Waals surface area contributed by atoms with E-state index in [4.69, 9.17) is 0 Å². The van der Waals surface area contributed by atoms with Crippen molar-refractivity contribution < 1.29 is 4.79 Å². The Balaban J connectivity index is 1.94. The average molecular weight is 286 g/mol. The van der Waals surface area contributed by atoms with Gasteiger partial charge in [0, 0.05) is 25.0 Å². The molecule has 0 aliphatic rings. The van der Waals surface area contributed by atoms with Crippen LogP contribution in [0.1, 0.15) is 31.1 Å². The first-order chi connectivity index (χ1) is 10.1. The van der Waals surface area contributed by atoms with Crippen molar-refractivity contribution in [3.8, 4) is 0 Å². The molecule has 112 valence electrons. The SMILES string of the molecule is CNC(=O)Cc1ccc(NCc2cncn2C(C)C)cc1. The lowest BCUT2D eigenvalue weighted by Crippen LogP contribution is -2.19. The Kier molecular flexibility index (Phi) is 4.98. The van der Waals surface area contributed by atoms with Gasteiger partial charge in [-0.3, -0.25) is 4.79 Å². The topological polar surface area (TPSA) is 59.0 Å². The molecule has 1 aromatic heterocycles. The Morgan fingerprint density at radius 2 is 2.00 bits per heavy atom. The molecule has 0 aliphatic heterocycles. The molecule has 0 unspecified atom stereocenters. The van der Waals surface area contributed by atoms with E-state index in [-0.39, 0.29) is 5.91 Å². The number of nitrogens with one attached hydrogen (secondary N) is 2. The molecule has 2 rings (SSSR count). The minimum Gasteiger partial charge on any atom is -0.379 e. The number of hydrogen-bond donors (Lipinski definition) is 2. The van der Waals surface area contributed by atoms with Crippen molar-refractivity contribution in [2.24, 2.45) is 0 Å². The van der Waals surface area contributed by atoms with Crippen LogP contribution >= 0.6 is 0 Å². The van der Waals surface area contributed by atoms with E-state index in [1.807, 2.05) is 36.8 Å². The zero-order valence-corrected chi connectivity index (χ0v) is 12.8. The lowest BCUT2D eigenvalue weighted by molar-refractivity contribution is -0.119. The number of hydrogen-bond acceptors (Lipinski definition) is 3. The van der Waals surface area contributed by atoms with E-state index in [0.29, 0.717) is 12.5 Å². The Hall–Kier alpha value is -2.30. The summed E-state index contributed by atoms with van der Waals surface area (Å²) >= 11 is 0. The molecule has 0 spiro atoms. The monoisotopic (exact) mass is 286 g/mol. The van der Waals surface area contributed by atoms with Crippen LogP contribution in [0.2, 0.25) is 0 Å². The van der Waals surface area contributed by atoms with Crippen LogP contribution < -0.4 is 10.6 Å². The smallest absolute Gasteiger partial charge is 0.224 e. The summed E-state index contributed by atoms with van der Waals surface area (Å²) in [7, 11) is 1.65. The number of benzene rings is 1. The number of rotatable bonds is 6. The van der Waals surface area contributed by atoms with E-state index in [9.17, 15) is 4.79 Å². The zero-order valence-electron chi connectivity index (χ0n) is 12.8. The van der Waals surface area contributed by atoms with Crippen LogP contribution in [0.5, 0.6) is 0 Å². The van der Waals surface area contributed by atoms with Gasteiger partial charge in [0.05, 0.1) is 25.0 Å². The molecule has 0 saturated carbocycles. The zero-order chi connectivity index (χ0) is 15.2. The van der Waals surface area contributed by atoms with Crippen LogP contribution in [0.25, 0.3) is 0 Å². The number of carbonyl (C=O) groups excluding carboxylic acids is 1. The fourth-order valence-electron chi connectivity index (χ4n) is 2.14. The van der Waals surface area contributed by atoms with Crippen LogP contribution in [0.4, 0.5) is 5.69 Å². The number of amides is 1. The summed E-state index contributed by atoms with van der Waals surface area (Å²) in [5, 5.41) is 6.00. The Morgan fingerprint density at radius 3 is 2.62 bits per heavy atom. The molecule has 21 heavy (non-hydrogen) atoms. The highest BCUT2D eigenvalue weighted by Gasteiger charge is 2.05. The summed E-state index contributed by atoms with van der Waals surface area (Å²) < 4.78 is 2.15. The molecule has 0 fully saturated rings. The first-order valence-corrected chi connectivity index (χ1v) is 7.14. The highest BCUT2D eigenvalue weighted by Crippen LogP contribution is 2.14. The van der Waals surface area contributed by atoms with Gasteiger partial charge < -0.3 is 15.2 Å². The third kappa shape index (κ3) is 4.08. The second kappa shape index (κ2) is 6.92. The minimum absolute atomic E-state index is 0.0246. The van der Waals surface area contributed by atoms with E-state index in [2.05, 4.69) is 34.0 Å². The fraction of sp³-hybridized carbons (Fsp3) is 0.375. The predicted octanol–water partition coefficient (Wildman–Crippen LogP) is 2.36. The molecule has 0 atom stereocenters. The van der Waals surface area contributed by atoms with Crippen LogP contribution in [-0.4, -0.2) is 22.5 Å². The predicted molar refractivity (Wildman–Crippen MR) is 84.2 cm³/mol. The quantitative estimate of drug-likeness (QED) is 0.857. The number of carbonyl (C=O) groups is 1. The molecule has 1 aromatic carbocycles. The summed E-state index contributed by atoms with van der Waals surface area (Å²) in [4.78, 5) is 15.5. The Bertz CT molecular complexity index is 587. The van der Waals surface area contributed by atoms with Crippen molar-refractivity contribution in [1.29, 1.82) is 0 Å².